The van der Waals surface area contributed by atoms with Gasteiger partial charge < -0.3 is 15.0 Å². The highest BCUT2D eigenvalue weighted by molar-refractivity contribution is 5.83. The minimum Gasteiger partial charge on any atom is -0.494 e. The van der Waals surface area contributed by atoms with Gasteiger partial charge in [0.25, 0.3) is 0 Å². The lowest BCUT2D eigenvalue weighted by atomic mass is 9.95. The van der Waals surface area contributed by atoms with Crippen molar-refractivity contribution in [2.45, 2.75) is 50.6 Å². The summed E-state index contributed by atoms with van der Waals surface area (Å²) in [5, 5.41) is 12.6. The quantitative estimate of drug-likeness (QED) is 0.922. The molecule has 1 N–H and O–H groups in total. The van der Waals surface area contributed by atoms with Crippen molar-refractivity contribution in [3.05, 3.63) is 29.8 Å². The van der Waals surface area contributed by atoms with Crippen molar-refractivity contribution >= 4 is 5.91 Å². The Bertz CT molecular complexity index is 625. The van der Waals surface area contributed by atoms with Crippen LogP contribution in [0.2, 0.25) is 0 Å². The van der Waals surface area contributed by atoms with E-state index in [4.69, 9.17) is 4.74 Å². The maximum absolute atomic E-state index is 12.8. The number of carbonyl (C=O) groups is 1. The summed E-state index contributed by atoms with van der Waals surface area (Å²) in [6.45, 7) is 4.12. The molecule has 5 nitrogen and oxygen atoms in total. The van der Waals surface area contributed by atoms with Crippen LogP contribution in [0.4, 0.5) is 0 Å². The van der Waals surface area contributed by atoms with Gasteiger partial charge in [0.2, 0.25) is 5.91 Å². The van der Waals surface area contributed by atoms with Crippen LogP contribution in [0.3, 0.4) is 0 Å². The second-order valence-electron chi connectivity index (χ2n) is 6.57. The first-order valence-electron chi connectivity index (χ1n) is 8.89. The average molecular weight is 327 g/mol. The lowest BCUT2D eigenvalue weighted by Crippen LogP contribution is -2.50. The molecule has 2 aliphatic heterocycles. The normalized spacial score (nSPS) is 26.8. The van der Waals surface area contributed by atoms with Gasteiger partial charge in [0.15, 0.2) is 0 Å². The minimum atomic E-state index is -0.256. The molecule has 2 aliphatic rings. The van der Waals surface area contributed by atoms with Crippen molar-refractivity contribution in [1.29, 1.82) is 5.26 Å². The monoisotopic (exact) mass is 327 g/mol. The molecule has 24 heavy (non-hydrogen) atoms. The molecule has 0 radical (unpaired) electrons. The van der Waals surface area contributed by atoms with Crippen LogP contribution in [-0.4, -0.2) is 42.6 Å². The number of ether oxygens (including phenoxy) is 1. The van der Waals surface area contributed by atoms with Crippen LogP contribution in [0, 0.1) is 11.3 Å². The highest BCUT2D eigenvalue weighted by Crippen LogP contribution is 2.30. The van der Waals surface area contributed by atoms with Gasteiger partial charge in [-0.25, -0.2) is 0 Å². The van der Waals surface area contributed by atoms with E-state index in [0.29, 0.717) is 19.1 Å². The Morgan fingerprint density at radius 3 is 3.12 bits per heavy atom. The summed E-state index contributed by atoms with van der Waals surface area (Å²) in [7, 11) is 0. The summed E-state index contributed by atoms with van der Waals surface area (Å²) >= 11 is 0. The van der Waals surface area contributed by atoms with Gasteiger partial charge in [0, 0.05) is 13.1 Å². The Morgan fingerprint density at radius 1 is 1.46 bits per heavy atom. The maximum Gasteiger partial charge on any atom is 0.240 e. The molecule has 1 aromatic carbocycles. The highest BCUT2D eigenvalue weighted by Gasteiger charge is 2.36. The summed E-state index contributed by atoms with van der Waals surface area (Å²) in [6.07, 6.45) is 3.61. The number of hydrogen-bond donors (Lipinski definition) is 1. The Labute approximate surface area is 143 Å². The van der Waals surface area contributed by atoms with E-state index in [-0.39, 0.29) is 18.0 Å². The van der Waals surface area contributed by atoms with Gasteiger partial charge >= 0.3 is 0 Å². The number of nitrogens with zero attached hydrogens (tertiary/aromatic N) is 2. The molecule has 0 aliphatic carbocycles. The van der Waals surface area contributed by atoms with Crippen LogP contribution in [-0.2, 0) is 4.79 Å². The topological polar surface area (TPSA) is 65.4 Å². The summed E-state index contributed by atoms with van der Waals surface area (Å²) in [5.41, 5.74) is 1.21. The molecule has 1 amide bonds. The number of benzene rings is 1. The fourth-order valence-corrected chi connectivity index (χ4v) is 3.73. The molecular formula is C19H25N3O2. The summed E-state index contributed by atoms with van der Waals surface area (Å²) in [6, 6.07) is 9.98. The van der Waals surface area contributed by atoms with Crippen LogP contribution in [0.5, 0.6) is 5.75 Å². The molecule has 3 unspecified atom stereocenters. The van der Waals surface area contributed by atoms with E-state index in [1.807, 2.05) is 19.1 Å². The van der Waals surface area contributed by atoms with Crippen molar-refractivity contribution < 1.29 is 9.53 Å². The largest absolute Gasteiger partial charge is 0.494 e. The van der Waals surface area contributed by atoms with E-state index in [9.17, 15) is 10.1 Å². The predicted octanol–water partition coefficient (Wildman–Crippen LogP) is 2.44. The van der Waals surface area contributed by atoms with Crippen molar-refractivity contribution in [2.75, 3.05) is 19.7 Å². The zero-order chi connectivity index (χ0) is 16.9. The van der Waals surface area contributed by atoms with E-state index in [0.717, 1.165) is 38.0 Å². The molecule has 5 heteroatoms. The molecule has 128 valence electrons. The fraction of sp³-hybridized carbons (Fsp3) is 0.579. The van der Waals surface area contributed by atoms with Gasteiger partial charge in [-0.1, -0.05) is 12.1 Å². The number of hydrogen-bond acceptors (Lipinski definition) is 4. The predicted molar refractivity (Wildman–Crippen MR) is 91.7 cm³/mol. The Kier molecular flexibility index (Phi) is 5.37. The Balaban J connectivity index is 1.65. The number of nitriles is 1. The van der Waals surface area contributed by atoms with E-state index in [1.165, 1.54) is 5.56 Å². The number of nitrogens with one attached hydrogen (secondary N) is 1. The highest BCUT2D eigenvalue weighted by atomic mass is 16.5. The van der Waals surface area contributed by atoms with Crippen LogP contribution < -0.4 is 10.1 Å². The Hall–Kier alpha value is -2.06. The standard InChI is InChI=1S/C19H25N3O2/c1-2-24-17-8-5-6-14(10-17)15-11-18(21-13-15)19(23)22-9-4-3-7-16(22)12-20/h5-6,8,10,15-16,18,21H,2-4,7,9,11,13H2,1H3. The summed E-state index contributed by atoms with van der Waals surface area (Å²) in [4.78, 5) is 14.6. The third-order valence-corrected chi connectivity index (χ3v) is 5.00. The van der Waals surface area contributed by atoms with Crippen molar-refractivity contribution in [2.24, 2.45) is 0 Å². The van der Waals surface area contributed by atoms with Gasteiger partial charge in [-0.3, -0.25) is 4.79 Å². The van der Waals surface area contributed by atoms with E-state index in [2.05, 4.69) is 23.5 Å². The smallest absolute Gasteiger partial charge is 0.240 e. The fourth-order valence-electron chi connectivity index (χ4n) is 3.73. The second-order valence-corrected chi connectivity index (χ2v) is 6.57. The van der Waals surface area contributed by atoms with Crippen molar-refractivity contribution in [3.63, 3.8) is 0 Å². The molecule has 0 aromatic heterocycles. The Morgan fingerprint density at radius 2 is 2.33 bits per heavy atom. The zero-order valence-electron chi connectivity index (χ0n) is 14.2. The zero-order valence-corrected chi connectivity index (χ0v) is 14.2. The van der Waals surface area contributed by atoms with Crippen molar-refractivity contribution in [1.82, 2.24) is 10.2 Å². The molecule has 0 bridgehead atoms. The second kappa shape index (κ2) is 7.67. The van der Waals surface area contributed by atoms with Crippen LogP contribution >= 0.6 is 0 Å². The maximum atomic E-state index is 12.8. The molecule has 0 spiro atoms. The average Bonchev–Trinajstić information content (AvgIpc) is 3.12. The van der Waals surface area contributed by atoms with E-state index in [1.54, 1.807) is 4.90 Å². The lowest BCUT2D eigenvalue weighted by Gasteiger charge is -2.33. The lowest BCUT2D eigenvalue weighted by molar-refractivity contribution is -0.135. The minimum absolute atomic E-state index is 0.0877. The summed E-state index contributed by atoms with van der Waals surface area (Å²) < 4.78 is 5.57. The molecular weight excluding hydrogens is 302 g/mol. The molecule has 2 fully saturated rings. The molecule has 0 saturated carbocycles. The first-order chi connectivity index (χ1) is 11.7. The van der Waals surface area contributed by atoms with Gasteiger partial charge in [-0.05, 0) is 56.2 Å². The number of carbonyl (C=O) groups excluding carboxylic acids is 1. The van der Waals surface area contributed by atoms with Gasteiger partial charge in [-0.15, -0.1) is 0 Å². The first kappa shape index (κ1) is 16.8. The molecule has 2 heterocycles. The first-order valence-corrected chi connectivity index (χ1v) is 8.89. The van der Waals surface area contributed by atoms with Crippen molar-refractivity contribution in [3.8, 4) is 11.8 Å². The van der Waals surface area contributed by atoms with Crippen LogP contribution in [0.15, 0.2) is 24.3 Å². The van der Waals surface area contributed by atoms with Gasteiger partial charge in [0.05, 0.1) is 18.7 Å². The van der Waals surface area contributed by atoms with E-state index < -0.39 is 0 Å². The number of likely N-dealkylation sites (tertiary alicyclic amines) is 1. The summed E-state index contributed by atoms with van der Waals surface area (Å²) in [5.74, 6) is 1.28. The SMILES string of the molecule is CCOc1cccc(C2CNC(C(=O)N3CCCCC3C#N)C2)c1. The number of amides is 1. The van der Waals surface area contributed by atoms with Gasteiger partial charge in [-0.2, -0.15) is 5.26 Å². The molecule has 1 aromatic rings. The molecule has 3 rings (SSSR count). The van der Waals surface area contributed by atoms with Gasteiger partial charge in [0.1, 0.15) is 11.8 Å². The van der Waals surface area contributed by atoms with Crippen LogP contribution in [0.25, 0.3) is 0 Å². The number of rotatable bonds is 4. The molecule has 3 atom stereocenters. The molecule has 2 saturated heterocycles. The number of piperidine rings is 1. The third-order valence-electron chi connectivity index (χ3n) is 5.00. The van der Waals surface area contributed by atoms with E-state index >= 15 is 0 Å². The van der Waals surface area contributed by atoms with Crippen LogP contribution in [0.1, 0.15) is 44.1 Å². The third kappa shape index (κ3) is 3.54.